The number of carbonyl (C=O) groups excluding carboxylic acids is 2. The first-order chi connectivity index (χ1) is 13.6. The van der Waals surface area contributed by atoms with Gasteiger partial charge in [0.15, 0.2) is 5.69 Å². The lowest BCUT2D eigenvalue weighted by Crippen LogP contribution is -2.49. The quantitative estimate of drug-likeness (QED) is 0.549. The summed E-state index contributed by atoms with van der Waals surface area (Å²) in [6.07, 6.45) is -4.69. The molecular weight excluding hydrogens is 416 g/mol. The summed E-state index contributed by atoms with van der Waals surface area (Å²) < 4.78 is 52.4. The van der Waals surface area contributed by atoms with Gasteiger partial charge >= 0.3 is 12.2 Å². The molecule has 0 aliphatic carbocycles. The number of rotatable bonds is 4. The van der Waals surface area contributed by atoms with E-state index in [1.54, 1.807) is 12.1 Å². The highest BCUT2D eigenvalue weighted by Gasteiger charge is 2.38. The van der Waals surface area contributed by atoms with Crippen molar-refractivity contribution in [2.75, 3.05) is 31.1 Å². The number of hydrogen-bond acceptors (Lipinski definition) is 4. The Balaban J connectivity index is 1.61. The average molecular weight is 433 g/mol. The molecule has 1 fully saturated rings. The summed E-state index contributed by atoms with van der Waals surface area (Å²) in [5.74, 6) is -0.362. The molecule has 0 N–H and O–H groups in total. The van der Waals surface area contributed by atoms with Gasteiger partial charge in [-0.05, 0) is 31.2 Å². The first kappa shape index (κ1) is 21.1. The molecule has 1 aromatic heterocycles. The molecule has 156 valence electrons. The predicted molar refractivity (Wildman–Crippen MR) is 97.6 cm³/mol. The molecule has 0 bridgehead atoms. The number of halogens is 5. The molecule has 1 aromatic carbocycles. The number of hydrogen-bond donors (Lipinski definition) is 0. The monoisotopic (exact) mass is 432 g/mol. The van der Waals surface area contributed by atoms with Crippen molar-refractivity contribution in [1.29, 1.82) is 0 Å². The summed E-state index contributed by atoms with van der Waals surface area (Å²) in [7, 11) is 0. The van der Waals surface area contributed by atoms with E-state index in [1.807, 2.05) is 4.90 Å². The molecule has 0 unspecified atom stereocenters. The van der Waals surface area contributed by atoms with Gasteiger partial charge in [-0.1, -0.05) is 11.6 Å². The second kappa shape index (κ2) is 8.02. The number of anilines is 1. The smallest absolute Gasteiger partial charge is 0.368 e. The number of piperazine rings is 1. The molecule has 2 heterocycles. The van der Waals surface area contributed by atoms with Crippen molar-refractivity contribution >= 4 is 29.2 Å². The highest BCUT2D eigenvalue weighted by Crippen LogP contribution is 2.35. The van der Waals surface area contributed by atoms with E-state index in [-0.39, 0.29) is 23.7 Å². The van der Waals surface area contributed by atoms with E-state index in [0.29, 0.717) is 26.2 Å². The van der Waals surface area contributed by atoms with Gasteiger partial charge in [0.2, 0.25) is 5.91 Å². The van der Waals surface area contributed by atoms with E-state index in [4.69, 9.17) is 11.6 Å². The molecule has 11 heteroatoms. The van der Waals surface area contributed by atoms with Gasteiger partial charge in [0, 0.05) is 31.9 Å². The lowest BCUT2D eigenvalue weighted by Gasteiger charge is -2.36. The third-order valence-corrected chi connectivity index (χ3v) is 5.23. The lowest BCUT2D eigenvalue weighted by atomic mass is 10.2. The van der Waals surface area contributed by atoms with Crippen LogP contribution in [0.25, 0.3) is 0 Å². The van der Waals surface area contributed by atoms with Crippen LogP contribution < -0.4 is 4.90 Å². The highest BCUT2D eigenvalue weighted by molar-refractivity contribution is 6.32. The molecule has 6 nitrogen and oxygen atoms in total. The minimum Gasteiger partial charge on any atom is -0.368 e. The molecule has 0 atom stereocenters. The summed E-state index contributed by atoms with van der Waals surface area (Å²) in [5, 5.41) is 2.94. The van der Waals surface area contributed by atoms with Crippen LogP contribution >= 0.6 is 11.6 Å². The first-order valence-corrected chi connectivity index (χ1v) is 9.08. The Hall–Kier alpha value is -2.62. The maximum absolute atomic E-state index is 12.9. The molecule has 1 aliphatic rings. The number of aromatic nitrogens is 2. The third kappa shape index (κ3) is 4.52. The topological polar surface area (TPSA) is 58.4 Å². The zero-order chi connectivity index (χ0) is 21.3. The van der Waals surface area contributed by atoms with Gasteiger partial charge in [-0.2, -0.15) is 22.7 Å². The summed E-state index contributed by atoms with van der Waals surface area (Å²) in [6.45, 7) is 2.74. The fourth-order valence-corrected chi connectivity index (χ4v) is 3.35. The van der Waals surface area contributed by atoms with Crippen molar-refractivity contribution in [2.24, 2.45) is 0 Å². The molecule has 1 saturated heterocycles. The van der Waals surface area contributed by atoms with Gasteiger partial charge < -0.3 is 9.80 Å². The summed E-state index contributed by atoms with van der Waals surface area (Å²) >= 11 is 5.71. The van der Waals surface area contributed by atoms with E-state index in [2.05, 4.69) is 5.10 Å². The highest BCUT2D eigenvalue weighted by atomic mass is 35.5. The molecule has 0 radical (unpaired) electrons. The molecule has 0 spiro atoms. The molecule has 29 heavy (non-hydrogen) atoms. The maximum atomic E-state index is 12.9. The Kier molecular flexibility index (Phi) is 5.83. The fraction of sp³-hybridized carbons (Fsp3) is 0.389. The van der Waals surface area contributed by atoms with Crippen LogP contribution in [0.4, 0.5) is 23.2 Å². The average Bonchev–Trinajstić information content (AvgIpc) is 2.97. The molecular formula is C18H17ClF4N4O2. The normalized spacial score (nSPS) is 15.0. The standard InChI is InChI=1S/C18H17ClF4N4O2/c1-11-15(19)16(18(21,22)23)24-27(11)10-14(28)26-8-6-25(7-9-26)13-4-2-12(3-5-13)17(20)29/h2-5H,6-10H2,1H3. The summed E-state index contributed by atoms with van der Waals surface area (Å²) in [5.41, 5.74) is -0.376. The zero-order valence-corrected chi connectivity index (χ0v) is 16.1. The number of alkyl halides is 3. The summed E-state index contributed by atoms with van der Waals surface area (Å²) in [6, 6.07) is 4.51. The van der Waals surface area contributed by atoms with Crippen LogP contribution in [0, 0.1) is 6.92 Å². The largest absolute Gasteiger partial charge is 0.436 e. The van der Waals surface area contributed by atoms with Crippen LogP contribution in [0.5, 0.6) is 0 Å². The van der Waals surface area contributed by atoms with Gasteiger partial charge in [-0.25, -0.2) is 0 Å². The van der Waals surface area contributed by atoms with Crippen LogP contribution in [0.15, 0.2) is 24.3 Å². The van der Waals surface area contributed by atoms with E-state index in [9.17, 15) is 27.2 Å². The molecule has 1 aliphatic heterocycles. The zero-order valence-electron chi connectivity index (χ0n) is 15.3. The van der Waals surface area contributed by atoms with Crippen molar-refractivity contribution < 1.29 is 27.2 Å². The van der Waals surface area contributed by atoms with Gasteiger partial charge in [0.05, 0.1) is 16.3 Å². The van der Waals surface area contributed by atoms with Crippen LogP contribution in [0.3, 0.4) is 0 Å². The van der Waals surface area contributed by atoms with E-state index >= 15 is 0 Å². The van der Waals surface area contributed by atoms with Gasteiger partial charge in [-0.3, -0.25) is 14.3 Å². The van der Waals surface area contributed by atoms with Crippen molar-refractivity contribution in [2.45, 2.75) is 19.6 Å². The molecule has 3 rings (SSSR count). The lowest BCUT2D eigenvalue weighted by molar-refractivity contribution is -0.142. The van der Waals surface area contributed by atoms with Gasteiger partial charge in [0.25, 0.3) is 0 Å². The Labute approximate surface area is 168 Å². The Bertz CT molecular complexity index is 919. The first-order valence-electron chi connectivity index (χ1n) is 8.70. The molecule has 1 amide bonds. The van der Waals surface area contributed by atoms with Crippen molar-refractivity contribution in [3.63, 3.8) is 0 Å². The Morgan fingerprint density at radius 2 is 1.69 bits per heavy atom. The Morgan fingerprint density at radius 1 is 1.10 bits per heavy atom. The van der Waals surface area contributed by atoms with Crippen LogP contribution in [-0.4, -0.2) is 52.8 Å². The van der Waals surface area contributed by atoms with E-state index in [1.165, 1.54) is 24.0 Å². The van der Waals surface area contributed by atoms with Crippen molar-refractivity contribution in [1.82, 2.24) is 14.7 Å². The van der Waals surface area contributed by atoms with Gasteiger partial charge in [-0.15, -0.1) is 0 Å². The summed E-state index contributed by atoms with van der Waals surface area (Å²) in [4.78, 5) is 26.7. The van der Waals surface area contributed by atoms with Gasteiger partial charge in [0.1, 0.15) is 6.54 Å². The second-order valence-corrected chi connectivity index (χ2v) is 6.97. The molecule has 2 aromatic rings. The van der Waals surface area contributed by atoms with Crippen LogP contribution in [-0.2, 0) is 17.5 Å². The minimum atomic E-state index is -4.69. The fourth-order valence-electron chi connectivity index (χ4n) is 3.10. The van der Waals surface area contributed by atoms with Crippen LogP contribution in [0.2, 0.25) is 5.02 Å². The SMILES string of the molecule is Cc1c(Cl)c(C(F)(F)F)nn1CC(=O)N1CCN(c2ccc(C(=O)F)cc2)CC1. The number of benzene rings is 1. The number of amides is 1. The Morgan fingerprint density at radius 3 is 2.17 bits per heavy atom. The third-order valence-electron chi connectivity index (χ3n) is 4.78. The van der Waals surface area contributed by atoms with E-state index in [0.717, 1.165) is 10.4 Å². The second-order valence-electron chi connectivity index (χ2n) is 6.59. The van der Waals surface area contributed by atoms with Crippen LogP contribution in [0.1, 0.15) is 21.7 Å². The van der Waals surface area contributed by atoms with Crippen molar-refractivity contribution in [3.05, 3.63) is 46.2 Å². The maximum Gasteiger partial charge on any atom is 0.436 e. The van der Waals surface area contributed by atoms with Crippen molar-refractivity contribution in [3.8, 4) is 0 Å². The number of nitrogens with zero attached hydrogens (tertiary/aromatic N) is 4. The predicted octanol–water partition coefficient (Wildman–Crippen LogP) is 3.32. The number of carbonyl (C=O) groups is 2. The van der Waals surface area contributed by atoms with E-state index < -0.39 is 22.9 Å². The molecule has 0 saturated carbocycles. The minimum absolute atomic E-state index is 0.0333.